The quantitative estimate of drug-likeness (QED) is 0.790. The van der Waals surface area contributed by atoms with E-state index in [4.69, 9.17) is 9.47 Å². The monoisotopic (exact) mass is 229 g/mol. The van der Waals surface area contributed by atoms with Gasteiger partial charge in [-0.15, -0.1) is 0 Å². The van der Waals surface area contributed by atoms with Crippen molar-refractivity contribution in [3.8, 4) is 0 Å². The Morgan fingerprint density at radius 1 is 1.44 bits per heavy atom. The highest BCUT2D eigenvalue weighted by Gasteiger charge is 2.21. The maximum Gasteiger partial charge on any atom is 0.407 e. The number of carbonyl (C=O) groups is 1. The van der Waals surface area contributed by atoms with Crippen LogP contribution in [-0.4, -0.2) is 30.9 Å². The van der Waals surface area contributed by atoms with Crippen molar-refractivity contribution in [2.45, 2.75) is 52.2 Å². The van der Waals surface area contributed by atoms with E-state index in [0.29, 0.717) is 12.5 Å². The molecule has 1 N–H and O–H groups in total. The summed E-state index contributed by atoms with van der Waals surface area (Å²) in [6, 6.07) is 0. The van der Waals surface area contributed by atoms with Crippen molar-refractivity contribution in [1.82, 2.24) is 5.32 Å². The zero-order chi connectivity index (χ0) is 12.2. The van der Waals surface area contributed by atoms with E-state index in [9.17, 15) is 4.79 Å². The summed E-state index contributed by atoms with van der Waals surface area (Å²) < 4.78 is 10.7. The fourth-order valence-electron chi connectivity index (χ4n) is 1.61. The molecule has 4 nitrogen and oxygen atoms in total. The van der Waals surface area contributed by atoms with Crippen LogP contribution in [0.15, 0.2) is 0 Å². The minimum atomic E-state index is -0.438. The molecule has 0 spiro atoms. The zero-order valence-corrected chi connectivity index (χ0v) is 10.7. The molecular weight excluding hydrogens is 206 g/mol. The first kappa shape index (κ1) is 13.3. The number of carbonyl (C=O) groups excluding carboxylic acids is 1. The zero-order valence-electron chi connectivity index (χ0n) is 10.7. The van der Waals surface area contributed by atoms with Gasteiger partial charge in [-0.2, -0.15) is 0 Å². The summed E-state index contributed by atoms with van der Waals surface area (Å²) in [7, 11) is 0. The molecule has 0 saturated carbocycles. The molecule has 0 bridgehead atoms. The summed E-state index contributed by atoms with van der Waals surface area (Å²) in [6.07, 6.45) is 1.95. The van der Waals surface area contributed by atoms with E-state index < -0.39 is 5.60 Å². The molecule has 2 atom stereocenters. The standard InChI is InChI=1S/C12H23NO3/c1-9-5-6-10(15-8-9)7-13-11(14)16-12(2,3)4/h9-10H,5-8H2,1-4H3,(H,13,14)/t9-,10+/m1/s1. The molecular formula is C12H23NO3. The highest BCUT2D eigenvalue weighted by Crippen LogP contribution is 2.17. The molecule has 1 aliphatic rings. The predicted molar refractivity (Wildman–Crippen MR) is 62.4 cm³/mol. The normalized spacial score (nSPS) is 26.2. The third-order valence-corrected chi connectivity index (χ3v) is 2.47. The molecule has 1 heterocycles. The van der Waals surface area contributed by atoms with Gasteiger partial charge in [0.2, 0.25) is 0 Å². The van der Waals surface area contributed by atoms with Crippen LogP contribution in [0.4, 0.5) is 4.79 Å². The fraction of sp³-hybridized carbons (Fsp3) is 0.917. The summed E-state index contributed by atoms with van der Waals surface area (Å²) in [5.41, 5.74) is -0.438. The minimum absolute atomic E-state index is 0.142. The van der Waals surface area contributed by atoms with Crippen LogP contribution < -0.4 is 5.32 Å². The van der Waals surface area contributed by atoms with Gasteiger partial charge in [0.25, 0.3) is 0 Å². The number of alkyl carbamates (subject to hydrolysis) is 1. The van der Waals surface area contributed by atoms with Crippen molar-refractivity contribution in [3.63, 3.8) is 0 Å². The van der Waals surface area contributed by atoms with Crippen LogP contribution in [0.3, 0.4) is 0 Å². The van der Waals surface area contributed by atoms with Gasteiger partial charge < -0.3 is 14.8 Å². The van der Waals surface area contributed by atoms with E-state index in [-0.39, 0.29) is 12.2 Å². The molecule has 0 aromatic heterocycles. The van der Waals surface area contributed by atoms with Gasteiger partial charge in [-0.05, 0) is 39.5 Å². The SMILES string of the molecule is C[C@@H]1CC[C@@H](CNC(=O)OC(C)(C)C)OC1. The Morgan fingerprint density at radius 3 is 2.62 bits per heavy atom. The second-order valence-corrected chi connectivity index (χ2v) is 5.52. The second kappa shape index (κ2) is 5.53. The highest BCUT2D eigenvalue weighted by molar-refractivity contribution is 5.67. The van der Waals surface area contributed by atoms with Crippen molar-refractivity contribution in [3.05, 3.63) is 0 Å². The molecule has 1 saturated heterocycles. The summed E-state index contributed by atoms with van der Waals surface area (Å²) in [6.45, 7) is 9.07. The predicted octanol–water partition coefficient (Wildman–Crippen LogP) is 2.33. The van der Waals surface area contributed by atoms with Crippen LogP contribution in [0.25, 0.3) is 0 Å². The van der Waals surface area contributed by atoms with Crippen LogP contribution in [0, 0.1) is 5.92 Å². The highest BCUT2D eigenvalue weighted by atomic mass is 16.6. The average Bonchev–Trinajstić information content (AvgIpc) is 2.14. The lowest BCUT2D eigenvalue weighted by molar-refractivity contribution is -0.0123. The molecule has 1 fully saturated rings. The summed E-state index contributed by atoms with van der Waals surface area (Å²) in [5, 5.41) is 2.74. The molecule has 16 heavy (non-hydrogen) atoms. The second-order valence-electron chi connectivity index (χ2n) is 5.52. The Bertz CT molecular complexity index is 227. The molecule has 0 unspecified atom stereocenters. The smallest absolute Gasteiger partial charge is 0.407 e. The van der Waals surface area contributed by atoms with Crippen LogP contribution in [-0.2, 0) is 9.47 Å². The summed E-state index contributed by atoms with van der Waals surface area (Å²) in [4.78, 5) is 11.4. The van der Waals surface area contributed by atoms with Gasteiger partial charge in [0.15, 0.2) is 0 Å². The van der Waals surface area contributed by atoms with Crippen molar-refractivity contribution in [2.75, 3.05) is 13.2 Å². The van der Waals surface area contributed by atoms with Crippen molar-refractivity contribution in [2.24, 2.45) is 5.92 Å². The third-order valence-electron chi connectivity index (χ3n) is 2.47. The molecule has 4 heteroatoms. The lowest BCUT2D eigenvalue weighted by Gasteiger charge is -2.27. The van der Waals surface area contributed by atoms with Gasteiger partial charge in [0, 0.05) is 13.2 Å². The van der Waals surface area contributed by atoms with Crippen LogP contribution >= 0.6 is 0 Å². The summed E-state index contributed by atoms with van der Waals surface area (Å²) in [5.74, 6) is 0.637. The molecule has 1 amide bonds. The largest absolute Gasteiger partial charge is 0.444 e. The molecule has 0 radical (unpaired) electrons. The first-order chi connectivity index (χ1) is 7.37. The first-order valence-electron chi connectivity index (χ1n) is 5.95. The van der Waals surface area contributed by atoms with Crippen LogP contribution in [0.1, 0.15) is 40.5 Å². The van der Waals surface area contributed by atoms with Gasteiger partial charge in [0.1, 0.15) is 5.60 Å². The summed E-state index contributed by atoms with van der Waals surface area (Å²) >= 11 is 0. The van der Waals surface area contributed by atoms with E-state index >= 15 is 0 Å². The molecule has 0 aromatic rings. The van der Waals surface area contributed by atoms with E-state index in [1.54, 1.807) is 0 Å². The minimum Gasteiger partial charge on any atom is -0.444 e. The average molecular weight is 229 g/mol. The van der Waals surface area contributed by atoms with Crippen molar-refractivity contribution < 1.29 is 14.3 Å². The van der Waals surface area contributed by atoms with Gasteiger partial charge in [-0.1, -0.05) is 6.92 Å². The lowest BCUT2D eigenvalue weighted by atomic mass is 10.0. The topological polar surface area (TPSA) is 47.6 Å². The maximum atomic E-state index is 11.4. The molecule has 0 aliphatic carbocycles. The maximum absolute atomic E-state index is 11.4. The Balaban J connectivity index is 2.17. The number of nitrogens with one attached hydrogen (secondary N) is 1. The Labute approximate surface area is 97.7 Å². The Morgan fingerprint density at radius 2 is 2.12 bits per heavy atom. The lowest BCUT2D eigenvalue weighted by Crippen LogP contribution is -2.39. The molecule has 1 rings (SSSR count). The Kier molecular flexibility index (Phi) is 4.59. The van der Waals surface area contributed by atoms with Crippen LogP contribution in [0.5, 0.6) is 0 Å². The number of amides is 1. The van der Waals surface area contributed by atoms with Gasteiger partial charge in [0.05, 0.1) is 6.10 Å². The van der Waals surface area contributed by atoms with Gasteiger partial charge in [-0.3, -0.25) is 0 Å². The number of ether oxygens (including phenoxy) is 2. The van der Waals surface area contributed by atoms with Crippen LogP contribution in [0.2, 0.25) is 0 Å². The molecule has 94 valence electrons. The Hall–Kier alpha value is -0.770. The van der Waals surface area contributed by atoms with Gasteiger partial charge >= 0.3 is 6.09 Å². The first-order valence-corrected chi connectivity index (χ1v) is 5.95. The van der Waals surface area contributed by atoms with E-state index in [0.717, 1.165) is 13.0 Å². The van der Waals surface area contributed by atoms with Crippen molar-refractivity contribution in [1.29, 1.82) is 0 Å². The van der Waals surface area contributed by atoms with E-state index in [1.807, 2.05) is 20.8 Å². The van der Waals surface area contributed by atoms with Gasteiger partial charge in [-0.25, -0.2) is 4.79 Å². The van der Waals surface area contributed by atoms with Crippen molar-refractivity contribution >= 4 is 6.09 Å². The van der Waals surface area contributed by atoms with E-state index in [1.165, 1.54) is 6.42 Å². The molecule has 0 aromatic carbocycles. The molecule has 1 aliphatic heterocycles. The number of hydrogen-bond acceptors (Lipinski definition) is 3. The fourth-order valence-corrected chi connectivity index (χ4v) is 1.61. The number of hydrogen-bond donors (Lipinski definition) is 1. The van der Waals surface area contributed by atoms with E-state index in [2.05, 4.69) is 12.2 Å². The number of rotatable bonds is 2. The third kappa shape index (κ3) is 5.35.